The van der Waals surface area contributed by atoms with E-state index in [4.69, 9.17) is 21.1 Å². The molecule has 0 aromatic heterocycles. The Morgan fingerprint density at radius 2 is 1.65 bits per heavy atom. The Bertz CT molecular complexity index is 773. The van der Waals surface area contributed by atoms with Crippen molar-refractivity contribution in [2.45, 2.75) is 12.8 Å². The van der Waals surface area contributed by atoms with Crippen LogP contribution in [0.4, 0.5) is 14.5 Å². The van der Waals surface area contributed by atoms with Gasteiger partial charge in [-0.1, -0.05) is 11.6 Å². The number of anilines is 1. The van der Waals surface area contributed by atoms with Crippen LogP contribution in [0.3, 0.4) is 0 Å². The van der Waals surface area contributed by atoms with Crippen molar-refractivity contribution < 1.29 is 23.0 Å². The van der Waals surface area contributed by atoms with Crippen molar-refractivity contribution in [3.05, 3.63) is 53.1 Å². The number of nitrogens with zero attached hydrogens (tertiary/aromatic N) is 1. The summed E-state index contributed by atoms with van der Waals surface area (Å²) in [5, 5.41) is 0.168. The van der Waals surface area contributed by atoms with Gasteiger partial charge in [0.1, 0.15) is 42.1 Å². The van der Waals surface area contributed by atoms with Crippen molar-refractivity contribution in [1.29, 1.82) is 0 Å². The molecular formula is C19H18ClF2NO3. The van der Waals surface area contributed by atoms with Crippen molar-refractivity contribution in [3.63, 3.8) is 0 Å². The number of ether oxygens (including phenoxy) is 2. The Morgan fingerprint density at radius 3 is 2.35 bits per heavy atom. The first-order valence-corrected chi connectivity index (χ1v) is 8.67. The van der Waals surface area contributed by atoms with Gasteiger partial charge >= 0.3 is 0 Å². The number of hydrogen-bond donors (Lipinski definition) is 0. The summed E-state index contributed by atoms with van der Waals surface area (Å²) in [5.74, 6) is 0.282. The number of benzene rings is 2. The first-order valence-electron chi connectivity index (χ1n) is 8.30. The third kappa shape index (κ3) is 4.64. The van der Waals surface area contributed by atoms with E-state index < -0.39 is 5.82 Å². The number of carbonyl (C=O) groups is 1. The lowest BCUT2D eigenvalue weighted by Gasteiger charge is -2.29. The second-order valence-electron chi connectivity index (χ2n) is 5.91. The fourth-order valence-corrected chi connectivity index (χ4v) is 2.92. The number of hydrogen-bond acceptors (Lipinski definition) is 4. The fraction of sp³-hybridized carbons (Fsp3) is 0.316. The monoisotopic (exact) mass is 381 g/mol. The molecule has 7 heteroatoms. The second-order valence-corrected chi connectivity index (χ2v) is 6.32. The summed E-state index contributed by atoms with van der Waals surface area (Å²) in [6.07, 6.45) is 0.813. The van der Waals surface area contributed by atoms with Crippen LogP contribution in [0.5, 0.6) is 11.5 Å². The second kappa shape index (κ2) is 8.36. The molecule has 2 aromatic rings. The molecule has 138 valence electrons. The van der Waals surface area contributed by atoms with Crippen molar-refractivity contribution in [2.75, 3.05) is 31.2 Å². The SMILES string of the molecule is O=C1CCN(c2cc(OCCOc3ccc(F)cc3)c(Cl)cc2F)CC1. The lowest BCUT2D eigenvalue weighted by Crippen LogP contribution is -2.34. The molecule has 1 saturated heterocycles. The van der Waals surface area contributed by atoms with E-state index in [0.29, 0.717) is 43.1 Å². The maximum atomic E-state index is 14.2. The highest BCUT2D eigenvalue weighted by Crippen LogP contribution is 2.33. The predicted molar refractivity (Wildman–Crippen MR) is 95.3 cm³/mol. The molecule has 1 aliphatic heterocycles. The van der Waals surface area contributed by atoms with E-state index in [1.807, 2.05) is 4.90 Å². The summed E-state index contributed by atoms with van der Waals surface area (Å²) < 4.78 is 38.1. The van der Waals surface area contributed by atoms with E-state index in [0.717, 1.165) is 0 Å². The molecule has 0 amide bonds. The normalized spacial score (nSPS) is 14.4. The van der Waals surface area contributed by atoms with Crippen molar-refractivity contribution in [2.24, 2.45) is 0 Å². The summed E-state index contributed by atoms with van der Waals surface area (Å²) in [6, 6.07) is 8.42. The van der Waals surface area contributed by atoms with Gasteiger partial charge in [0, 0.05) is 32.0 Å². The molecule has 3 rings (SSSR count). The van der Waals surface area contributed by atoms with Gasteiger partial charge in [0.15, 0.2) is 0 Å². The van der Waals surface area contributed by atoms with Crippen LogP contribution in [-0.2, 0) is 4.79 Å². The molecule has 0 unspecified atom stereocenters. The lowest BCUT2D eigenvalue weighted by atomic mass is 10.1. The quantitative estimate of drug-likeness (QED) is 0.701. The van der Waals surface area contributed by atoms with Crippen LogP contribution in [0.15, 0.2) is 36.4 Å². The lowest BCUT2D eigenvalue weighted by molar-refractivity contribution is -0.119. The minimum Gasteiger partial charge on any atom is -0.490 e. The summed E-state index contributed by atoms with van der Waals surface area (Å²) in [4.78, 5) is 13.2. The van der Waals surface area contributed by atoms with Crippen molar-refractivity contribution >= 4 is 23.1 Å². The van der Waals surface area contributed by atoms with E-state index in [-0.39, 0.29) is 29.8 Å². The summed E-state index contributed by atoms with van der Waals surface area (Å²) in [6.45, 7) is 1.38. The van der Waals surface area contributed by atoms with Crippen LogP contribution in [0, 0.1) is 11.6 Å². The molecule has 0 saturated carbocycles. The van der Waals surface area contributed by atoms with Crippen LogP contribution in [0.2, 0.25) is 5.02 Å². The molecule has 2 aromatic carbocycles. The van der Waals surface area contributed by atoms with Gasteiger partial charge in [-0.15, -0.1) is 0 Å². The van der Waals surface area contributed by atoms with E-state index >= 15 is 0 Å². The third-order valence-corrected chi connectivity index (χ3v) is 4.38. The molecule has 0 N–H and O–H groups in total. The number of halogens is 3. The molecule has 0 spiro atoms. The number of Topliss-reactive ketones (excluding diaryl/α,β-unsaturated/α-hetero) is 1. The van der Waals surface area contributed by atoms with Crippen molar-refractivity contribution in [3.8, 4) is 11.5 Å². The standard InChI is InChI=1S/C19H18ClF2NO3/c20-16-11-17(22)18(23-7-5-14(24)6-8-23)12-19(16)26-10-9-25-15-3-1-13(21)2-4-15/h1-4,11-12H,5-10H2. The molecule has 0 atom stereocenters. The van der Waals surface area contributed by atoms with Gasteiger partial charge in [-0.05, 0) is 30.3 Å². The molecule has 4 nitrogen and oxygen atoms in total. The zero-order chi connectivity index (χ0) is 18.5. The molecule has 1 fully saturated rings. The van der Waals surface area contributed by atoms with E-state index in [1.54, 1.807) is 6.07 Å². The Kier molecular flexibility index (Phi) is 5.93. The van der Waals surface area contributed by atoms with Gasteiger partial charge in [-0.25, -0.2) is 8.78 Å². The van der Waals surface area contributed by atoms with Gasteiger partial charge < -0.3 is 14.4 Å². The predicted octanol–water partition coefficient (Wildman–Crippen LogP) is 4.25. The third-order valence-electron chi connectivity index (χ3n) is 4.09. The molecule has 0 aliphatic carbocycles. The average molecular weight is 382 g/mol. The largest absolute Gasteiger partial charge is 0.490 e. The minimum atomic E-state index is -0.445. The smallest absolute Gasteiger partial charge is 0.148 e. The van der Waals surface area contributed by atoms with Crippen LogP contribution < -0.4 is 14.4 Å². The van der Waals surface area contributed by atoms with Gasteiger partial charge in [-0.2, -0.15) is 0 Å². The molecular weight excluding hydrogens is 364 g/mol. The van der Waals surface area contributed by atoms with E-state index in [9.17, 15) is 13.6 Å². The van der Waals surface area contributed by atoms with Crippen LogP contribution in [0.25, 0.3) is 0 Å². The summed E-state index contributed by atoms with van der Waals surface area (Å²) in [7, 11) is 0. The molecule has 0 bridgehead atoms. The number of piperidine rings is 1. The highest BCUT2D eigenvalue weighted by molar-refractivity contribution is 6.32. The zero-order valence-electron chi connectivity index (χ0n) is 14.0. The Morgan fingerprint density at radius 1 is 1.00 bits per heavy atom. The molecule has 0 radical (unpaired) electrons. The average Bonchev–Trinajstić information content (AvgIpc) is 2.63. The summed E-state index contributed by atoms with van der Waals surface area (Å²) >= 11 is 6.06. The fourth-order valence-electron chi connectivity index (χ4n) is 2.71. The molecule has 1 heterocycles. The topological polar surface area (TPSA) is 38.8 Å². The van der Waals surface area contributed by atoms with Gasteiger partial charge in [0.25, 0.3) is 0 Å². The zero-order valence-corrected chi connectivity index (χ0v) is 14.8. The summed E-state index contributed by atoms with van der Waals surface area (Å²) in [5.41, 5.74) is 0.372. The first-order chi connectivity index (χ1) is 12.5. The van der Waals surface area contributed by atoms with Gasteiger partial charge in [0.2, 0.25) is 0 Å². The highest BCUT2D eigenvalue weighted by Gasteiger charge is 2.21. The van der Waals surface area contributed by atoms with Crippen LogP contribution in [-0.4, -0.2) is 32.1 Å². The Balaban J connectivity index is 1.59. The number of rotatable bonds is 6. The maximum absolute atomic E-state index is 14.2. The van der Waals surface area contributed by atoms with Gasteiger partial charge in [0.05, 0.1) is 10.7 Å². The highest BCUT2D eigenvalue weighted by atomic mass is 35.5. The van der Waals surface area contributed by atoms with E-state index in [2.05, 4.69) is 0 Å². The van der Waals surface area contributed by atoms with Crippen LogP contribution >= 0.6 is 11.6 Å². The first kappa shape index (κ1) is 18.5. The van der Waals surface area contributed by atoms with Crippen molar-refractivity contribution in [1.82, 2.24) is 0 Å². The molecule has 26 heavy (non-hydrogen) atoms. The Labute approximate surface area is 155 Å². The van der Waals surface area contributed by atoms with Crippen LogP contribution in [0.1, 0.15) is 12.8 Å². The number of carbonyl (C=O) groups excluding carboxylic acids is 1. The van der Waals surface area contributed by atoms with Gasteiger partial charge in [-0.3, -0.25) is 4.79 Å². The number of ketones is 1. The Hall–Kier alpha value is -2.34. The molecule has 1 aliphatic rings. The minimum absolute atomic E-state index is 0.168. The maximum Gasteiger partial charge on any atom is 0.148 e. The van der Waals surface area contributed by atoms with E-state index in [1.165, 1.54) is 30.3 Å².